The molecule has 1 aliphatic heterocycles. The SMILES string of the molecule is Cc1ccccc1NS(=O)(=O)c1cc(C(=O)Nc2ccccc2C(=O)N2CCCC2)ccc1Cl. The number of benzene rings is 3. The van der Waals surface area contributed by atoms with Crippen LogP contribution in [0.5, 0.6) is 0 Å². The number of likely N-dealkylation sites (tertiary alicyclic amines) is 1. The molecule has 0 aliphatic carbocycles. The van der Waals surface area contributed by atoms with Crippen LogP contribution in [0.2, 0.25) is 5.02 Å². The van der Waals surface area contributed by atoms with Gasteiger partial charge in [-0.2, -0.15) is 0 Å². The van der Waals surface area contributed by atoms with E-state index in [1.807, 2.05) is 0 Å². The Kier molecular flexibility index (Phi) is 6.90. The van der Waals surface area contributed by atoms with Crippen molar-refractivity contribution in [3.05, 3.63) is 88.4 Å². The fraction of sp³-hybridized carbons (Fsp3) is 0.200. The molecule has 34 heavy (non-hydrogen) atoms. The lowest BCUT2D eigenvalue weighted by atomic mass is 10.1. The third-order valence-electron chi connectivity index (χ3n) is 5.67. The molecule has 1 saturated heterocycles. The second-order valence-corrected chi connectivity index (χ2v) is 10.1. The summed E-state index contributed by atoms with van der Waals surface area (Å²) in [5, 5.41) is 2.73. The summed E-state index contributed by atoms with van der Waals surface area (Å²) >= 11 is 6.19. The van der Waals surface area contributed by atoms with Gasteiger partial charge in [0.2, 0.25) is 0 Å². The minimum atomic E-state index is -4.05. The van der Waals surface area contributed by atoms with E-state index in [-0.39, 0.29) is 21.4 Å². The number of halogens is 1. The number of carbonyl (C=O) groups excluding carboxylic acids is 2. The van der Waals surface area contributed by atoms with Gasteiger partial charge < -0.3 is 10.2 Å². The number of nitrogens with one attached hydrogen (secondary N) is 2. The van der Waals surface area contributed by atoms with Crippen molar-refractivity contribution < 1.29 is 18.0 Å². The van der Waals surface area contributed by atoms with Gasteiger partial charge in [0, 0.05) is 18.7 Å². The minimum Gasteiger partial charge on any atom is -0.339 e. The predicted molar refractivity (Wildman–Crippen MR) is 133 cm³/mol. The van der Waals surface area contributed by atoms with E-state index >= 15 is 0 Å². The van der Waals surface area contributed by atoms with E-state index in [1.165, 1.54) is 18.2 Å². The van der Waals surface area contributed by atoms with E-state index < -0.39 is 15.9 Å². The molecular weight excluding hydrogens is 474 g/mol. The Morgan fingerprint density at radius 1 is 0.912 bits per heavy atom. The van der Waals surface area contributed by atoms with E-state index in [0.717, 1.165) is 18.4 Å². The summed E-state index contributed by atoms with van der Waals surface area (Å²) in [4.78, 5) is 27.4. The molecule has 0 atom stereocenters. The van der Waals surface area contributed by atoms with Gasteiger partial charge >= 0.3 is 0 Å². The summed E-state index contributed by atoms with van der Waals surface area (Å²) < 4.78 is 28.6. The zero-order chi connectivity index (χ0) is 24.3. The van der Waals surface area contributed by atoms with Crippen LogP contribution in [0, 0.1) is 6.92 Å². The molecule has 0 spiro atoms. The highest BCUT2D eigenvalue weighted by molar-refractivity contribution is 7.92. The van der Waals surface area contributed by atoms with Crippen LogP contribution in [0.4, 0.5) is 11.4 Å². The number of para-hydroxylation sites is 2. The van der Waals surface area contributed by atoms with Crippen molar-refractivity contribution in [3.63, 3.8) is 0 Å². The number of amides is 2. The van der Waals surface area contributed by atoms with Gasteiger partial charge in [-0.1, -0.05) is 41.9 Å². The van der Waals surface area contributed by atoms with E-state index in [9.17, 15) is 18.0 Å². The second kappa shape index (κ2) is 9.87. The van der Waals surface area contributed by atoms with Gasteiger partial charge in [0.15, 0.2) is 0 Å². The number of carbonyl (C=O) groups is 2. The van der Waals surface area contributed by atoms with Crippen molar-refractivity contribution in [2.75, 3.05) is 23.1 Å². The van der Waals surface area contributed by atoms with E-state index in [0.29, 0.717) is 30.0 Å². The Morgan fingerprint density at radius 3 is 2.26 bits per heavy atom. The first-order chi connectivity index (χ1) is 16.3. The van der Waals surface area contributed by atoms with E-state index in [2.05, 4.69) is 10.0 Å². The van der Waals surface area contributed by atoms with Gasteiger partial charge in [-0.05, 0) is 61.7 Å². The number of sulfonamides is 1. The molecule has 0 radical (unpaired) electrons. The van der Waals surface area contributed by atoms with Crippen LogP contribution in [-0.4, -0.2) is 38.2 Å². The molecule has 176 valence electrons. The molecule has 3 aromatic carbocycles. The number of rotatable bonds is 6. The van der Waals surface area contributed by atoms with Crippen molar-refractivity contribution in [3.8, 4) is 0 Å². The van der Waals surface area contributed by atoms with Gasteiger partial charge in [0.1, 0.15) is 4.90 Å². The number of anilines is 2. The fourth-order valence-electron chi connectivity index (χ4n) is 3.80. The van der Waals surface area contributed by atoms with Crippen LogP contribution < -0.4 is 10.0 Å². The highest BCUT2D eigenvalue weighted by atomic mass is 35.5. The zero-order valence-electron chi connectivity index (χ0n) is 18.5. The van der Waals surface area contributed by atoms with Gasteiger partial charge in [0.05, 0.1) is 22.0 Å². The smallest absolute Gasteiger partial charge is 0.263 e. The van der Waals surface area contributed by atoms with Crippen molar-refractivity contribution >= 4 is 44.8 Å². The van der Waals surface area contributed by atoms with Crippen molar-refractivity contribution in [2.24, 2.45) is 0 Å². The predicted octanol–water partition coefficient (Wildman–Crippen LogP) is 4.94. The van der Waals surface area contributed by atoms with Crippen LogP contribution in [0.1, 0.15) is 39.1 Å². The monoisotopic (exact) mass is 497 g/mol. The molecule has 7 nitrogen and oxygen atoms in total. The Labute approximate surface area is 203 Å². The second-order valence-electron chi connectivity index (χ2n) is 8.06. The van der Waals surface area contributed by atoms with Crippen LogP contribution in [-0.2, 0) is 10.0 Å². The molecule has 1 fully saturated rings. The standard InChI is InChI=1S/C25H24ClN3O4S/c1-17-8-2-4-10-21(17)28-34(32,33)23-16-18(12-13-20(23)26)24(30)27-22-11-5-3-9-19(22)25(31)29-14-6-7-15-29/h2-5,8-13,16,28H,6-7,14-15H2,1H3,(H,27,30). The maximum atomic E-state index is 13.0. The van der Waals surface area contributed by atoms with Crippen LogP contribution in [0.15, 0.2) is 71.6 Å². The molecule has 1 aliphatic rings. The minimum absolute atomic E-state index is 0.0118. The molecule has 0 aromatic heterocycles. The van der Waals surface area contributed by atoms with Crippen LogP contribution >= 0.6 is 11.6 Å². The molecule has 4 rings (SSSR count). The summed E-state index contributed by atoms with van der Waals surface area (Å²) in [5.74, 6) is -0.694. The quantitative estimate of drug-likeness (QED) is 0.504. The first-order valence-electron chi connectivity index (χ1n) is 10.8. The summed E-state index contributed by atoms with van der Waals surface area (Å²) in [5.41, 5.74) is 2.01. The van der Waals surface area contributed by atoms with Crippen molar-refractivity contribution in [2.45, 2.75) is 24.7 Å². The summed E-state index contributed by atoms with van der Waals surface area (Å²) in [6.45, 7) is 3.16. The van der Waals surface area contributed by atoms with E-state index in [1.54, 1.807) is 60.4 Å². The third-order valence-corrected chi connectivity index (χ3v) is 7.52. The lowest BCUT2D eigenvalue weighted by Gasteiger charge is -2.18. The van der Waals surface area contributed by atoms with Crippen molar-refractivity contribution in [1.29, 1.82) is 0 Å². The zero-order valence-corrected chi connectivity index (χ0v) is 20.1. The molecule has 2 N–H and O–H groups in total. The average molecular weight is 498 g/mol. The Bertz CT molecular complexity index is 1350. The molecule has 0 saturated carbocycles. The van der Waals surface area contributed by atoms with Crippen molar-refractivity contribution in [1.82, 2.24) is 4.90 Å². The molecule has 0 unspecified atom stereocenters. The third kappa shape index (κ3) is 5.08. The molecule has 2 amide bonds. The molecular formula is C25H24ClN3O4S. The Balaban J connectivity index is 1.60. The highest BCUT2D eigenvalue weighted by Gasteiger charge is 2.24. The highest BCUT2D eigenvalue weighted by Crippen LogP contribution is 2.27. The summed E-state index contributed by atoms with van der Waals surface area (Å²) in [6.07, 6.45) is 1.91. The average Bonchev–Trinajstić information content (AvgIpc) is 3.35. The Hall–Kier alpha value is -3.36. The largest absolute Gasteiger partial charge is 0.339 e. The first-order valence-corrected chi connectivity index (χ1v) is 12.7. The van der Waals surface area contributed by atoms with Gasteiger partial charge in [-0.25, -0.2) is 8.42 Å². The Morgan fingerprint density at radius 2 is 1.56 bits per heavy atom. The van der Waals surface area contributed by atoms with Crippen LogP contribution in [0.3, 0.4) is 0 Å². The summed E-state index contributed by atoms with van der Waals surface area (Å²) in [7, 11) is -4.05. The molecule has 9 heteroatoms. The number of nitrogens with zero attached hydrogens (tertiary/aromatic N) is 1. The normalized spacial score (nSPS) is 13.5. The van der Waals surface area contributed by atoms with Gasteiger partial charge in [-0.3, -0.25) is 14.3 Å². The number of aryl methyl sites for hydroxylation is 1. The van der Waals surface area contributed by atoms with E-state index in [4.69, 9.17) is 11.6 Å². The van der Waals surface area contributed by atoms with Crippen LogP contribution in [0.25, 0.3) is 0 Å². The lowest BCUT2D eigenvalue weighted by molar-refractivity contribution is 0.0794. The topological polar surface area (TPSA) is 95.6 Å². The van der Waals surface area contributed by atoms with Gasteiger partial charge in [-0.15, -0.1) is 0 Å². The fourth-order valence-corrected chi connectivity index (χ4v) is 5.46. The molecule has 0 bridgehead atoms. The summed E-state index contributed by atoms with van der Waals surface area (Å²) in [6, 6.07) is 17.8. The van der Waals surface area contributed by atoms with Gasteiger partial charge in [0.25, 0.3) is 21.8 Å². The maximum absolute atomic E-state index is 13.0. The molecule has 3 aromatic rings. The lowest BCUT2D eigenvalue weighted by Crippen LogP contribution is -2.28. The maximum Gasteiger partial charge on any atom is 0.263 e. The molecule has 1 heterocycles. The number of hydrogen-bond donors (Lipinski definition) is 2. The number of hydrogen-bond acceptors (Lipinski definition) is 4. The first kappa shape index (κ1) is 23.8.